The normalized spacial score (nSPS) is 10.8. The highest BCUT2D eigenvalue weighted by Gasteiger charge is 2.02. The molecule has 0 heterocycles. The summed E-state index contributed by atoms with van der Waals surface area (Å²) in [6.07, 6.45) is 1.13. The van der Waals surface area contributed by atoms with E-state index < -0.39 is 11.9 Å². The Morgan fingerprint density at radius 1 is 1.55 bits per heavy atom. The molecule has 0 saturated carbocycles. The highest BCUT2D eigenvalue weighted by atomic mass is 16.4. The number of carbonyl (C=O) groups is 2. The Balaban J connectivity index is 4.44. The molecule has 0 aliphatic carbocycles. The number of aliphatic carboxylic acids is 1. The van der Waals surface area contributed by atoms with Crippen molar-refractivity contribution in [2.45, 2.75) is 6.92 Å². The van der Waals surface area contributed by atoms with Crippen LogP contribution >= 0.6 is 0 Å². The van der Waals surface area contributed by atoms with E-state index in [9.17, 15) is 9.59 Å². The molecule has 60 valence electrons. The molecule has 0 bridgehead atoms. The fourth-order valence-corrected chi connectivity index (χ4v) is 0.394. The fraction of sp³-hybridized carbons (Fsp3) is 0.143. The van der Waals surface area contributed by atoms with Crippen molar-refractivity contribution in [3.63, 3.8) is 0 Å². The Hall–Kier alpha value is -1.58. The maximum Gasteiger partial charge on any atom is 0.331 e. The van der Waals surface area contributed by atoms with Gasteiger partial charge in [0.25, 0.3) is 0 Å². The number of carboxylic acids is 1. The Morgan fingerprint density at radius 2 is 2.00 bits per heavy atom. The summed E-state index contributed by atoms with van der Waals surface area (Å²) in [5, 5.41) is 8.35. The summed E-state index contributed by atoms with van der Waals surface area (Å²) < 4.78 is 0. The number of hydrogen-bond donors (Lipinski definition) is 2. The summed E-state index contributed by atoms with van der Waals surface area (Å²) in [5.74, 6) is -1.81. The van der Waals surface area contributed by atoms with E-state index in [1.807, 2.05) is 0 Å². The summed E-state index contributed by atoms with van der Waals surface area (Å²) in [4.78, 5) is 20.5. The van der Waals surface area contributed by atoms with Crippen LogP contribution < -0.4 is 5.73 Å². The van der Waals surface area contributed by atoms with Gasteiger partial charge in [-0.25, -0.2) is 4.79 Å². The molecule has 0 aromatic rings. The van der Waals surface area contributed by atoms with Crippen LogP contribution in [0.3, 0.4) is 0 Å². The van der Waals surface area contributed by atoms with Gasteiger partial charge in [0.15, 0.2) is 0 Å². The van der Waals surface area contributed by atoms with Crippen molar-refractivity contribution in [3.8, 4) is 0 Å². The van der Waals surface area contributed by atoms with E-state index in [1.165, 1.54) is 6.92 Å². The van der Waals surface area contributed by atoms with Gasteiger partial charge in [-0.3, -0.25) is 4.79 Å². The number of carbonyl (C=O) groups excluding carboxylic acids is 1. The average molecular weight is 155 g/mol. The van der Waals surface area contributed by atoms with Gasteiger partial charge in [-0.15, -0.1) is 0 Å². The van der Waals surface area contributed by atoms with Gasteiger partial charge in [0.2, 0.25) is 5.91 Å². The molecule has 0 saturated heterocycles. The Kier molecular flexibility index (Phi) is 3.04. The van der Waals surface area contributed by atoms with Gasteiger partial charge in [-0.1, -0.05) is 6.58 Å². The van der Waals surface area contributed by atoms with Crippen LogP contribution in [-0.4, -0.2) is 17.0 Å². The maximum absolute atomic E-state index is 10.3. The van der Waals surface area contributed by atoms with Gasteiger partial charge in [0.1, 0.15) is 0 Å². The van der Waals surface area contributed by atoms with Crippen molar-refractivity contribution in [2.75, 3.05) is 0 Å². The van der Waals surface area contributed by atoms with Gasteiger partial charge in [0, 0.05) is 11.1 Å². The van der Waals surface area contributed by atoms with Crippen LogP contribution in [0.5, 0.6) is 0 Å². The van der Waals surface area contributed by atoms with Gasteiger partial charge < -0.3 is 10.8 Å². The zero-order valence-electron chi connectivity index (χ0n) is 6.13. The zero-order chi connectivity index (χ0) is 9.02. The van der Waals surface area contributed by atoms with E-state index in [2.05, 4.69) is 6.58 Å². The molecule has 0 spiro atoms. The predicted octanol–water partition coefficient (Wildman–Crippen LogP) is 0.0588. The SMILES string of the molecule is C=C(/C=C(\C)C(=O)O)C(N)=O. The molecular formula is C7H9NO3. The second-order valence-electron chi connectivity index (χ2n) is 2.02. The lowest BCUT2D eigenvalue weighted by molar-refractivity contribution is -0.132. The number of rotatable bonds is 3. The minimum Gasteiger partial charge on any atom is -0.478 e. The molecule has 1 amide bonds. The Bertz CT molecular complexity index is 240. The van der Waals surface area contributed by atoms with Crippen LogP contribution in [0, 0.1) is 0 Å². The lowest BCUT2D eigenvalue weighted by atomic mass is 10.2. The molecule has 11 heavy (non-hydrogen) atoms. The molecule has 0 aromatic carbocycles. The van der Waals surface area contributed by atoms with Crippen LogP contribution in [0.2, 0.25) is 0 Å². The topological polar surface area (TPSA) is 80.4 Å². The molecule has 0 unspecified atom stereocenters. The fourth-order valence-electron chi connectivity index (χ4n) is 0.394. The third kappa shape index (κ3) is 3.20. The molecule has 0 fully saturated rings. The largest absolute Gasteiger partial charge is 0.478 e. The van der Waals surface area contributed by atoms with Gasteiger partial charge in [-0.05, 0) is 13.0 Å². The Morgan fingerprint density at radius 3 is 2.27 bits per heavy atom. The smallest absolute Gasteiger partial charge is 0.331 e. The minimum atomic E-state index is -1.09. The molecular weight excluding hydrogens is 146 g/mol. The maximum atomic E-state index is 10.3. The Labute approximate surface area is 64.0 Å². The van der Waals surface area contributed by atoms with E-state index >= 15 is 0 Å². The van der Waals surface area contributed by atoms with Crippen LogP contribution in [0.1, 0.15) is 6.92 Å². The third-order valence-corrected chi connectivity index (χ3v) is 1.04. The van der Waals surface area contributed by atoms with E-state index in [0.717, 1.165) is 6.08 Å². The van der Waals surface area contributed by atoms with Crippen molar-refractivity contribution in [3.05, 3.63) is 23.8 Å². The molecule has 3 N–H and O–H groups in total. The van der Waals surface area contributed by atoms with Crippen LogP contribution in [-0.2, 0) is 9.59 Å². The summed E-state index contributed by atoms with van der Waals surface area (Å²) in [7, 11) is 0. The molecule has 4 nitrogen and oxygen atoms in total. The summed E-state index contributed by atoms with van der Waals surface area (Å²) in [6.45, 7) is 4.62. The first-order valence-electron chi connectivity index (χ1n) is 2.85. The molecule has 0 aromatic heterocycles. The summed E-state index contributed by atoms with van der Waals surface area (Å²) in [6, 6.07) is 0. The number of nitrogens with two attached hydrogens (primary N) is 1. The number of amides is 1. The quantitative estimate of drug-likeness (QED) is 0.446. The summed E-state index contributed by atoms with van der Waals surface area (Å²) in [5.41, 5.74) is 4.83. The van der Waals surface area contributed by atoms with Gasteiger partial charge >= 0.3 is 5.97 Å². The second-order valence-corrected chi connectivity index (χ2v) is 2.02. The lowest BCUT2D eigenvalue weighted by Gasteiger charge is -1.93. The average Bonchev–Trinajstić information content (AvgIpc) is 1.87. The van der Waals surface area contributed by atoms with Crippen LogP contribution in [0.25, 0.3) is 0 Å². The van der Waals surface area contributed by atoms with Gasteiger partial charge in [0.05, 0.1) is 0 Å². The first-order chi connectivity index (χ1) is 4.95. The predicted molar refractivity (Wildman–Crippen MR) is 39.7 cm³/mol. The minimum absolute atomic E-state index is 0.00935. The molecule has 4 heteroatoms. The van der Waals surface area contributed by atoms with Crippen molar-refractivity contribution in [1.29, 1.82) is 0 Å². The van der Waals surface area contributed by atoms with E-state index in [0.29, 0.717) is 0 Å². The van der Waals surface area contributed by atoms with Crippen molar-refractivity contribution < 1.29 is 14.7 Å². The van der Waals surface area contributed by atoms with Crippen molar-refractivity contribution in [2.24, 2.45) is 5.73 Å². The standard InChI is InChI=1S/C7H9NO3/c1-4(6(8)9)3-5(2)7(10)11/h3H,1H2,2H3,(H2,8,9)(H,10,11)/b5-3+. The highest BCUT2D eigenvalue weighted by molar-refractivity contribution is 5.97. The van der Waals surface area contributed by atoms with Crippen LogP contribution in [0.15, 0.2) is 23.8 Å². The summed E-state index contributed by atoms with van der Waals surface area (Å²) >= 11 is 0. The van der Waals surface area contributed by atoms with Crippen molar-refractivity contribution >= 4 is 11.9 Å². The van der Waals surface area contributed by atoms with E-state index in [4.69, 9.17) is 10.8 Å². The van der Waals surface area contributed by atoms with Gasteiger partial charge in [-0.2, -0.15) is 0 Å². The molecule has 0 aliphatic heterocycles. The zero-order valence-corrected chi connectivity index (χ0v) is 6.13. The highest BCUT2D eigenvalue weighted by Crippen LogP contribution is 1.98. The van der Waals surface area contributed by atoms with E-state index in [1.54, 1.807) is 0 Å². The number of carboxylic acid groups (broad SMARTS) is 1. The van der Waals surface area contributed by atoms with Crippen molar-refractivity contribution in [1.82, 2.24) is 0 Å². The van der Waals surface area contributed by atoms with E-state index in [-0.39, 0.29) is 11.1 Å². The molecule has 0 radical (unpaired) electrons. The number of hydrogen-bond acceptors (Lipinski definition) is 2. The monoisotopic (exact) mass is 155 g/mol. The first kappa shape index (κ1) is 9.42. The molecule has 0 aliphatic rings. The lowest BCUT2D eigenvalue weighted by Crippen LogP contribution is -2.12. The second kappa shape index (κ2) is 3.55. The third-order valence-electron chi connectivity index (χ3n) is 1.04. The molecule has 0 atom stereocenters. The van der Waals surface area contributed by atoms with Crippen LogP contribution in [0.4, 0.5) is 0 Å². The number of primary amides is 1. The molecule has 0 rings (SSSR count). The first-order valence-corrected chi connectivity index (χ1v) is 2.85.